The number of methoxy groups -OCH3 is 1. The lowest BCUT2D eigenvalue weighted by atomic mass is 10.1. The molecule has 0 aliphatic rings. The van der Waals surface area contributed by atoms with Crippen molar-refractivity contribution in [2.45, 2.75) is 24.4 Å². The molecule has 1 unspecified atom stereocenters. The topological polar surface area (TPSA) is 75.7 Å². The first-order valence-corrected chi connectivity index (χ1v) is 10.0. The van der Waals surface area contributed by atoms with Gasteiger partial charge >= 0.3 is 6.03 Å². The van der Waals surface area contributed by atoms with Crippen molar-refractivity contribution >= 4 is 15.9 Å². The highest BCUT2D eigenvalue weighted by molar-refractivity contribution is 7.90. The van der Waals surface area contributed by atoms with Gasteiger partial charge in [-0.1, -0.05) is 24.3 Å². The fourth-order valence-electron chi connectivity index (χ4n) is 2.48. The lowest BCUT2D eigenvalue weighted by Crippen LogP contribution is -2.38. The average molecular weight is 376 g/mol. The van der Waals surface area contributed by atoms with Gasteiger partial charge in [0.1, 0.15) is 5.75 Å². The quantitative estimate of drug-likeness (QED) is 0.841. The fraction of sp³-hybridized carbons (Fsp3) is 0.316. The first-order valence-electron chi connectivity index (χ1n) is 8.16. The van der Waals surface area contributed by atoms with Crippen molar-refractivity contribution in [3.63, 3.8) is 0 Å². The van der Waals surface area contributed by atoms with E-state index < -0.39 is 9.84 Å². The molecule has 7 heteroatoms. The van der Waals surface area contributed by atoms with Crippen LogP contribution in [0.25, 0.3) is 0 Å². The lowest BCUT2D eigenvalue weighted by Gasteiger charge is -2.25. The molecule has 1 atom stereocenters. The van der Waals surface area contributed by atoms with Gasteiger partial charge in [-0.25, -0.2) is 13.2 Å². The van der Waals surface area contributed by atoms with E-state index in [2.05, 4.69) is 5.32 Å². The zero-order valence-corrected chi connectivity index (χ0v) is 16.2. The number of amides is 2. The van der Waals surface area contributed by atoms with Crippen LogP contribution in [-0.2, 0) is 16.4 Å². The molecule has 0 aliphatic carbocycles. The Morgan fingerprint density at radius 2 is 1.85 bits per heavy atom. The van der Waals surface area contributed by atoms with Crippen LogP contribution in [0, 0.1) is 0 Å². The molecule has 0 heterocycles. The molecule has 1 N–H and O–H groups in total. The third kappa shape index (κ3) is 4.98. The first-order chi connectivity index (χ1) is 12.2. The van der Waals surface area contributed by atoms with Crippen LogP contribution in [0.3, 0.4) is 0 Å². The molecule has 2 rings (SSSR count). The molecule has 6 nitrogen and oxygen atoms in total. The molecule has 0 bridgehead atoms. The van der Waals surface area contributed by atoms with Gasteiger partial charge in [0.25, 0.3) is 0 Å². The number of carbonyl (C=O) groups excluding carboxylic acids is 1. The summed E-state index contributed by atoms with van der Waals surface area (Å²) in [6.45, 7) is 2.28. The Balaban J connectivity index is 2.00. The summed E-state index contributed by atoms with van der Waals surface area (Å²) >= 11 is 0. The molecule has 0 saturated heterocycles. The molecule has 0 aliphatic heterocycles. The van der Waals surface area contributed by atoms with Gasteiger partial charge in [-0.3, -0.25) is 0 Å². The van der Waals surface area contributed by atoms with Crippen LogP contribution in [0.4, 0.5) is 4.79 Å². The largest absolute Gasteiger partial charge is 0.497 e. The second-order valence-electron chi connectivity index (χ2n) is 6.14. The molecule has 2 aromatic carbocycles. The van der Waals surface area contributed by atoms with Crippen molar-refractivity contribution in [1.29, 1.82) is 0 Å². The van der Waals surface area contributed by atoms with Crippen LogP contribution in [0.15, 0.2) is 53.4 Å². The molecule has 0 spiro atoms. The summed E-state index contributed by atoms with van der Waals surface area (Å²) in [5.41, 5.74) is 1.80. The van der Waals surface area contributed by atoms with Gasteiger partial charge in [-0.15, -0.1) is 0 Å². The number of sulfone groups is 1. The highest BCUT2D eigenvalue weighted by atomic mass is 32.2. The van der Waals surface area contributed by atoms with Crippen LogP contribution in [0.2, 0.25) is 0 Å². The monoisotopic (exact) mass is 376 g/mol. The van der Waals surface area contributed by atoms with Crippen molar-refractivity contribution < 1.29 is 17.9 Å². The summed E-state index contributed by atoms with van der Waals surface area (Å²) < 4.78 is 28.2. The van der Waals surface area contributed by atoms with Gasteiger partial charge in [-0.2, -0.15) is 0 Å². The van der Waals surface area contributed by atoms with Crippen molar-refractivity contribution in [1.82, 2.24) is 10.2 Å². The predicted molar refractivity (Wildman–Crippen MR) is 101 cm³/mol. The van der Waals surface area contributed by atoms with Gasteiger partial charge in [-0.05, 0) is 42.3 Å². The van der Waals surface area contributed by atoms with Crippen molar-refractivity contribution in [3.8, 4) is 5.75 Å². The highest BCUT2D eigenvalue weighted by Gasteiger charge is 2.18. The van der Waals surface area contributed by atoms with Gasteiger partial charge in [0.2, 0.25) is 0 Å². The van der Waals surface area contributed by atoms with Crippen molar-refractivity contribution in [2.24, 2.45) is 0 Å². The predicted octanol–water partition coefficient (Wildman–Crippen LogP) is 3.00. The van der Waals surface area contributed by atoms with Gasteiger partial charge < -0.3 is 15.0 Å². The van der Waals surface area contributed by atoms with Crippen molar-refractivity contribution in [3.05, 3.63) is 59.7 Å². The Morgan fingerprint density at radius 1 is 1.19 bits per heavy atom. The van der Waals surface area contributed by atoms with E-state index in [-0.39, 0.29) is 17.0 Å². The van der Waals surface area contributed by atoms with Crippen LogP contribution in [0.5, 0.6) is 5.75 Å². The smallest absolute Gasteiger partial charge is 0.317 e. The van der Waals surface area contributed by atoms with Crippen LogP contribution >= 0.6 is 0 Å². The minimum atomic E-state index is -3.23. The Labute approximate surface area is 154 Å². The van der Waals surface area contributed by atoms with E-state index in [0.717, 1.165) is 16.9 Å². The number of benzene rings is 2. The molecule has 26 heavy (non-hydrogen) atoms. The average Bonchev–Trinajstić information content (AvgIpc) is 2.64. The number of urea groups is 1. The summed E-state index contributed by atoms with van der Waals surface area (Å²) in [4.78, 5) is 14.2. The van der Waals surface area contributed by atoms with E-state index in [1.54, 1.807) is 43.3 Å². The summed E-state index contributed by atoms with van der Waals surface area (Å²) in [7, 11) is 0.0738. The van der Waals surface area contributed by atoms with Gasteiger partial charge in [0.15, 0.2) is 9.84 Å². The molecule has 140 valence electrons. The molecular formula is C19H24N2O4S. The number of nitrogens with one attached hydrogen (secondary N) is 1. The third-order valence-electron chi connectivity index (χ3n) is 4.27. The number of hydrogen-bond acceptors (Lipinski definition) is 4. The Kier molecular flexibility index (Phi) is 6.26. The molecule has 0 fully saturated rings. The molecule has 2 amide bonds. The Morgan fingerprint density at radius 3 is 2.42 bits per heavy atom. The molecular weight excluding hydrogens is 352 g/mol. The Bertz CT molecular complexity index is 863. The Hall–Kier alpha value is -2.54. The maximum absolute atomic E-state index is 12.4. The number of nitrogens with zero attached hydrogens (tertiary/aromatic N) is 1. The van der Waals surface area contributed by atoms with E-state index in [9.17, 15) is 13.2 Å². The van der Waals surface area contributed by atoms with Gasteiger partial charge in [0.05, 0.1) is 18.0 Å². The molecule has 0 aromatic heterocycles. The van der Waals surface area contributed by atoms with E-state index in [0.29, 0.717) is 6.54 Å². The number of hydrogen-bond donors (Lipinski definition) is 1. The third-order valence-corrected chi connectivity index (χ3v) is 5.40. The highest BCUT2D eigenvalue weighted by Crippen LogP contribution is 2.21. The van der Waals surface area contributed by atoms with E-state index in [1.165, 1.54) is 6.26 Å². The van der Waals surface area contributed by atoms with E-state index >= 15 is 0 Å². The first kappa shape index (κ1) is 19.8. The van der Waals surface area contributed by atoms with Gasteiger partial charge in [0, 0.05) is 19.8 Å². The standard InChI is InChI=1S/C19H24N2O4S/c1-14(16-8-10-18(11-9-16)26(4,23)24)21(2)19(22)20-13-15-6-5-7-17(12-15)25-3/h5-12,14H,13H2,1-4H3,(H,20,22). The van der Waals surface area contributed by atoms with Crippen LogP contribution < -0.4 is 10.1 Å². The minimum absolute atomic E-state index is 0.200. The lowest BCUT2D eigenvalue weighted by molar-refractivity contribution is 0.194. The SMILES string of the molecule is COc1cccc(CNC(=O)N(C)C(C)c2ccc(S(C)(=O)=O)cc2)c1. The fourth-order valence-corrected chi connectivity index (χ4v) is 3.11. The molecule has 0 radical (unpaired) electrons. The number of ether oxygens (including phenoxy) is 1. The number of carbonyl (C=O) groups is 1. The van der Waals surface area contributed by atoms with E-state index in [1.807, 2.05) is 31.2 Å². The molecule has 0 saturated carbocycles. The van der Waals surface area contributed by atoms with Crippen LogP contribution in [0.1, 0.15) is 24.1 Å². The van der Waals surface area contributed by atoms with Crippen molar-refractivity contribution in [2.75, 3.05) is 20.4 Å². The van der Waals surface area contributed by atoms with E-state index in [4.69, 9.17) is 4.74 Å². The minimum Gasteiger partial charge on any atom is -0.497 e. The zero-order chi connectivity index (χ0) is 19.3. The zero-order valence-electron chi connectivity index (χ0n) is 15.4. The normalized spacial score (nSPS) is 12.3. The summed E-state index contributed by atoms with van der Waals surface area (Å²) in [5.74, 6) is 0.740. The second-order valence-corrected chi connectivity index (χ2v) is 8.15. The summed E-state index contributed by atoms with van der Waals surface area (Å²) in [6.07, 6.45) is 1.17. The summed E-state index contributed by atoms with van der Waals surface area (Å²) in [6, 6.07) is 13.7. The van der Waals surface area contributed by atoms with Crippen LogP contribution in [-0.4, -0.2) is 39.8 Å². The number of rotatable bonds is 6. The second kappa shape index (κ2) is 8.23. The maximum atomic E-state index is 12.4. The summed E-state index contributed by atoms with van der Waals surface area (Å²) in [5, 5.41) is 2.87. The maximum Gasteiger partial charge on any atom is 0.317 e. The molecule has 2 aromatic rings.